The lowest BCUT2D eigenvalue weighted by molar-refractivity contribution is -0.159. The number of hydrogen-bond acceptors (Lipinski definition) is 8. The number of benzene rings is 1. The quantitative estimate of drug-likeness (QED) is 0.489. The lowest BCUT2D eigenvalue weighted by atomic mass is 9.99. The summed E-state index contributed by atoms with van der Waals surface area (Å²) in [5.41, 5.74) is -0.175. The summed E-state index contributed by atoms with van der Waals surface area (Å²) in [7, 11) is 0. The molecule has 2 aromatic rings. The van der Waals surface area contributed by atoms with E-state index < -0.39 is 17.6 Å². The summed E-state index contributed by atoms with van der Waals surface area (Å²) < 4.78 is 28.0. The fraction of sp³-hybridized carbons (Fsp3) is 0.560. The first kappa shape index (κ1) is 27.6. The number of rotatable bonds is 7. The third-order valence-electron chi connectivity index (χ3n) is 7.17. The van der Waals surface area contributed by atoms with Crippen LogP contribution in [0.5, 0.6) is 0 Å². The summed E-state index contributed by atoms with van der Waals surface area (Å²) in [6, 6.07) is 7.64. The van der Waals surface area contributed by atoms with Gasteiger partial charge in [0, 0.05) is 30.7 Å². The first-order valence-corrected chi connectivity index (χ1v) is 12.6. The number of piperidine rings is 1. The summed E-state index contributed by atoms with van der Waals surface area (Å²) in [6.07, 6.45) is 5.01. The Morgan fingerprint density at radius 2 is 1.76 bits per heavy atom. The van der Waals surface area contributed by atoms with Gasteiger partial charge in [-0.05, 0) is 38.2 Å². The lowest BCUT2D eigenvalue weighted by Crippen LogP contribution is -2.47. The van der Waals surface area contributed by atoms with E-state index in [-0.39, 0.29) is 24.2 Å². The fourth-order valence-corrected chi connectivity index (χ4v) is 5.37. The highest BCUT2D eigenvalue weighted by atomic mass is 19.1. The van der Waals surface area contributed by atoms with Crippen LogP contribution in [-0.2, 0) is 45.4 Å². The Labute approximate surface area is 217 Å². The van der Waals surface area contributed by atoms with Gasteiger partial charge in [-0.25, -0.2) is 28.1 Å². The number of hydrogen-bond donors (Lipinski definition) is 2. The number of carbonyl (C=O) groups is 2. The van der Waals surface area contributed by atoms with Gasteiger partial charge in [0.2, 0.25) is 0 Å². The Bertz CT molecular complexity index is 1250. The molecule has 0 saturated carbocycles. The van der Waals surface area contributed by atoms with E-state index >= 15 is 0 Å². The summed E-state index contributed by atoms with van der Waals surface area (Å²) in [5.74, 6) is -3.45. The zero-order valence-corrected chi connectivity index (χ0v) is 20.8. The second kappa shape index (κ2) is 12.4. The van der Waals surface area contributed by atoms with Crippen molar-refractivity contribution in [3.8, 4) is 0 Å². The molecule has 206 valence electrons. The number of fused-ring (bicyclic) bond motifs is 3. The van der Waals surface area contributed by atoms with E-state index in [0.29, 0.717) is 49.8 Å². The number of aromatic nitrogens is 3. The monoisotopic (exact) mass is 534 g/mol. The molecule has 1 aromatic heterocycles. The molecule has 4 heterocycles. The topological polar surface area (TPSA) is 153 Å². The highest BCUT2D eigenvalue weighted by Crippen LogP contribution is 2.37. The van der Waals surface area contributed by atoms with E-state index in [1.807, 2.05) is 6.07 Å². The molecule has 2 saturated heterocycles. The van der Waals surface area contributed by atoms with Crippen LogP contribution in [0.3, 0.4) is 0 Å². The van der Waals surface area contributed by atoms with Crippen molar-refractivity contribution in [3.63, 3.8) is 0 Å². The number of aliphatic carboxylic acids is 2. The van der Waals surface area contributed by atoms with Gasteiger partial charge in [-0.3, -0.25) is 9.47 Å². The third-order valence-corrected chi connectivity index (χ3v) is 7.17. The van der Waals surface area contributed by atoms with Crippen LogP contribution in [0.25, 0.3) is 0 Å². The average Bonchev–Trinajstić information content (AvgIpc) is 3.12. The summed E-state index contributed by atoms with van der Waals surface area (Å²) in [4.78, 5) is 49.7. The average molecular weight is 535 g/mol. The van der Waals surface area contributed by atoms with Crippen LogP contribution in [0.15, 0.2) is 33.9 Å². The largest absolute Gasteiger partial charge is 0.473 e. The summed E-state index contributed by atoms with van der Waals surface area (Å²) >= 11 is 0. The molecule has 5 rings (SSSR count). The zero-order chi connectivity index (χ0) is 27.2. The van der Waals surface area contributed by atoms with Crippen molar-refractivity contribution in [2.24, 2.45) is 0 Å². The van der Waals surface area contributed by atoms with Crippen LogP contribution in [0, 0.1) is 5.82 Å². The lowest BCUT2D eigenvalue weighted by Gasteiger charge is -2.39. The number of ether oxygens (including phenoxy) is 2. The maximum Gasteiger partial charge on any atom is 0.414 e. The molecule has 38 heavy (non-hydrogen) atoms. The van der Waals surface area contributed by atoms with Gasteiger partial charge in [-0.2, -0.15) is 4.98 Å². The predicted octanol–water partition coefficient (Wildman–Crippen LogP) is 0.832. The van der Waals surface area contributed by atoms with Gasteiger partial charge in [-0.1, -0.05) is 18.2 Å². The minimum atomic E-state index is -1.82. The molecular formula is C25H31FN4O8. The molecule has 2 unspecified atom stereocenters. The van der Waals surface area contributed by atoms with Crippen LogP contribution >= 0.6 is 0 Å². The van der Waals surface area contributed by atoms with E-state index in [1.54, 1.807) is 16.7 Å². The molecule has 0 aliphatic carbocycles. The number of carboxylic acid groups (broad SMARTS) is 2. The van der Waals surface area contributed by atoms with E-state index in [4.69, 9.17) is 29.3 Å². The molecule has 1 aromatic carbocycles. The van der Waals surface area contributed by atoms with Crippen molar-refractivity contribution < 1.29 is 33.7 Å². The first-order chi connectivity index (χ1) is 18.2. The minimum absolute atomic E-state index is 0.141. The van der Waals surface area contributed by atoms with Crippen molar-refractivity contribution in [1.29, 1.82) is 0 Å². The smallest absolute Gasteiger partial charge is 0.414 e. The second-order valence-corrected chi connectivity index (χ2v) is 9.53. The Morgan fingerprint density at radius 3 is 2.42 bits per heavy atom. The molecule has 2 atom stereocenters. The number of carboxylic acids is 2. The van der Waals surface area contributed by atoms with Gasteiger partial charge in [0.25, 0.3) is 0 Å². The second-order valence-electron chi connectivity index (χ2n) is 9.53. The van der Waals surface area contributed by atoms with E-state index in [1.165, 1.54) is 10.6 Å². The Morgan fingerprint density at radius 1 is 1.08 bits per heavy atom. The van der Waals surface area contributed by atoms with Crippen molar-refractivity contribution in [1.82, 2.24) is 19.0 Å². The predicted molar refractivity (Wildman–Crippen MR) is 130 cm³/mol. The maximum atomic E-state index is 13.9. The third kappa shape index (κ3) is 6.52. The molecule has 2 fully saturated rings. The first-order valence-electron chi connectivity index (χ1n) is 12.6. The number of nitrogens with zero attached hydrogens (tertiary/aromatic N) is 4. The van der Waals surface area contributed by atoms with Crippen molar-refractivity contribution in [2.45, 2.75) is 76.6 Å². The number of halogens is 1. The normalized spacial score (nSPS) is 22.3. The van der Waals surface area contributed by atoms with Gasteiger partial charge in [0.05, 0.1) is 25.9 Å². The van der Waals surface area contributed by atoms with Gasteiger partial charge in [0.15, 0.2) is 0 Å². The summed E-state index contributed by atoms with van der Waals surface area (Å²) in [5, 5.41) is 14.8. The summed E-state index contributed by atoms with van der Waals surface area (Å²) in [6.45, 7) is 2.62. The molecule has 0 amide bonds. The van der Waals surface area contributed by atoms with Gasteiger partial charge >= 0.3 is 23.3 Å². The molecular weight excluding hydrogens is 503 g/mol. The zero-order valence-electron chi connectivity index (χ0n) is 20.8. The molecule has 0 spiro atoms. The van der Waals surface area contributed by atoms with Crippen LogP contribution in [-0.4, -0.2) is 72.5 Å². The van der Waals surface area contributed by atoms with Crippen molar-refractivity contribution in [2.75, 3.05) is 13.2 Å². The Balaban J connectivity index is 0.000000505. The fourth-order valence-electron chi connectivity index (χ4n) is 5.37. The molecule has 13 heteroatoms. The van der Waals surface area contributed by atoms with E-state index in [2.05, 4.69) is 9.88 Å². The van der Waals surface area contributed by atoms with Gasteiger partial charge < -0.3 is 19.7 Å². The molecule has 2 N–H and O–H groups in total. The van der Waals surface area contributed by atoms with Crippen LogP contribution in [0.2, 0.25) is 0 Å². The van der Waals surface area contributed by atoms with Crippen molar-refractivity contribution >= 4 is 11.9 Å². The van der Waals surface area contributed by atoms with Crippen LogP contribution < -0.4 is 11.4 Å². The van der Waals surface area contributed by atoms with Crippen molar-refractivity contribution in [3.05, 3.63) is 62.4 Å². The van der Waals surface area contributed by atoms with Gasteiger partial charge in [-0.15, -0.1) is 0 Å². The standard InChI is InChI=1S/C23H29FN4O4.C2H2O4/c24-20-5-2-1-4-16(20)14-32-19-12-17-6-7-18(13-19)26(17)8-3-9-28-22(29)25-21-15-31-11-10-27(21)23(28)30;3-1(4)2(5)6/h1-2,4-5,17-19H,3,6-15H2;(H,3,4)(H,5,6). The molecule has 3 aliphatic heterocycles. The van der Waals surface area contributed by atoms with Crippen LogP contribution in [0.1, 0.15) is 43.5 Å². The van der Waals surface area contributed by atoms with E-state index in [9.17, 15) is 14.0 Å². The SMILES string of the molecule is O=C(O)C(=O)O.O=c1nc2n(c(=O)n1CCCN1C3CCC1CC(OCc1ccccc1F)C3)CCOC2. The van der Waals surface area contributed by atoms with Gasteiger partial charge in [0.1, 0.15) is 18.2 Å². The Kier molecular flexibility index (Phi) is 9.02. The molecule has 2 bridgehead atoms. The van der Waals surface area contributed by atoms with E-state index in [0.717, 1.165) is 38.6 Å². The Hall–Kier alpha value is -3.42. The molecule has 3 aliphatic rings. The molecule has 12 nitrogen and oxygen atoms in total. The highest BCUT2D eigenvalue weighted by molar-refractivity contribution is 6.27. The minimum Gasteiger partial charge on any atom is -0.473 e. The highest BCUT2D eigenvalue weighted by Gasteiger charge is 2.40. The van der Waals surface area contributed by atoms with Crippen LogP contribution in [0.4, 0.5) is 4.39 Å². The maximum absolute atomic E-state index is 13.9. The molecule has 0 radical (unpaired) electrons.